The number of carbonyl (C=O) groups is 3. The number of nitrogens with one attached hydrogen (secondary N) is 1. The van der Waals surface area contributed by atoms with E-state index >= 15 is 0 Å². The Labute approximate surface area is 193 Å². The Morgan fingerprint density at radius 2 is 1.30 bits per heavy atom. The van der Waals surface area contributed by atoms with Crippen LogP contribution in [0.4, 0.5) is 0 Å². The van der Waals surface area contributed by atoms with Crippen LogP contribution in [0.1, 0.15) is 32.7 Å². The minimum absolute atomic E-state index is 0.149. The van der Waals surface area contributed by atoms with E-state index in [-0.39, 0.29) is 17.6 Å². The van der Waals surface area contributed by atoms with Gasteiger partial charge in [0, 0.05) is 37.3 Å². The van der Waals surface area contributed by atoms with Crippen LogP contribution in [0.5, 0.6) is 0 Å². The van der Waals surface area contributed by atoms with Gasteiger partial charge in [0.1, 0.15) is 5.76 Å². The monoisotopic (exact) mass is 442 g/mol. The van der Waals surface area contributed by atoms with Gasteiger partial charge in [-0.15, -0.1) is 0 Å². The number of esters is 1. The van der Waals surface area contributed by atoms with E-state index in [0.29, 0.717) is 36.2 Å². The van der Waals surface area contributed by atoms with Crippen LogP contribution in [0.25, 0.3) is 5.76 Å². The maximum absolute atomic E-state index is 12.8. The van der Waals surface area contributed by atoms with Crippen molar-refractivity contribution in [3.63, 3.8) is 0 Å². The third-order valence-corrected chi connectivity index (χ3v) is 4.89. The standard InChI is InChI=1S/C27H26N2O4/c1-29(19-11-18-28-26(31)22-14-7-3-8-15-22)25(30)20-24(21-12-5-2-6-13-21)33-27(32)23-16-9-4-10-17-23/h2-10,12-17,20H,11,18-19H2,1H3,(H,28,31)/b24-20+. The van der Waals surface area contributed by atoms with E-state index in [1.165, 1.54) is 11.0 Å². The fourth-order valence-corrected chi connectivity index (χ4v) is 3.05. The molecule has 168 valence electrons. The smallest absolute Gasteiger partial charge is 0.343 e. The van der Waals surface area contributed by atoms with Gasteiger partial charge in [0.15, 0.2) is 0 Å². The van der Waals surface area contributed by atoms with Crippen LogP contribution >= 0.6 is 0 Å². The molecule has 6 nitrogen and oxygen atoms in total. The molecule has 0 fully saturated rings. The first-order valence-corrected chi connectivity index (χ1v) is 10.7. The van der Waals surface area contributed by atoms with Gasteiger partial charge in [-0.05, 0) is 30.7 Å². The molecule has 3 rings (SSSR count). The second kappa shape index (κ2) is 12.0. The highest BCUT2D eigenvalue weighted by Crippen LogP contribution is 2.18. The van der Waals surface area contributed by atoms with Crippen molar-refractivity contribution in [1.29, 1.82) is 0 Å². The largest absolute Gasteiger partial charge is 0.422 e. The van der Waals surface area contributed by atoms with Crippen molar-refractivity contribution in [2.24, 2.45) is 0 Å². The molecule has 0 saturated heterocycles. The first kappa shape index (κ1) is 23.5. The van der Waals surface area contributed by atoms with Crippen molar-refractivity contribution >= 4 is 23.5 Å². The summed E-state index contributed by atoms with van der Waals surface area (Å²) in [6.45, 7) is 0.864. The Morgan fingerprint density at radius 1 is 0.788 bits per heavy atom. The normalized spacial score (nSPS) is 10.9. The average molecular weight is 443 g/mol. The maximum atomic E-state index is 12.8. The Hall–Kier alpha value is -4.19. The van der Waals surface area contributed by atoms with Gasteiger partial charge in [-0.2, -0.15) is 0 Å². The highest BCUT2D eigenvalue weighted by atomic mass is 16.5. The fourth-order valence-electron chi connectivity index (χ4n) is 3.05. The summed E-state index contributed by atoms with van der Waals surface area (Å²) in [7, 11) is 1.67. The van der Waals surface area contributed by atoms with Crippen LogP contribution in [0.3, 0.4) is 0 Å². The topological polar surface area (TPSA) is 75.7 Å². The van der Waals surface area contributed by atoms with Crippen molar-refractivity contribution in [2.75, 3.05) is 20.1 Å². The molecule has 0 aliphatic heterocycles. The van der Waals surface area contributed by atoms with E-state index in [1.807, 2.05) is 42.5 Å². The van der Waals surface area contributed by atoms with Crippen LogP contribution < -0.4 is 5.32 Å². The van der Waals surface area contributed by atoms with E-state index in [0.717, 1.165) is 0 Å². The molecule has 0 aromatic heterocycles. The lowest BCUT2D eigenvalue weighted by atomic mass is 10.1. The number of likely N-dealkylation sites (N-methyl/N-ethyl adjacent to an activating group) is 1. The molecule has 2 amide bonds. The molecule has 0 aliphatic rings. The zero-order valence-electron chi connectivity index (χ0n) is 18.4. The summed E-state index contributed by atoms with van der Waals surface area (Å²) in [6, 6.07) is 26.6. The quantitative estimate of drug-likeness (QED) is 0.234. The predicted molar refractivity (Wildman–Crippen MR) is 127 cm³/mol. The van der Waals surface area contributed by atoms with Crippen LogP contribution in [-0.2, 0) is 9.53 Å². The molecule has 33 heavy (non-hydrogen) atoms. The Morgan fingerprint density at radius 3 is 1.88 bits per heavy atom. The summed E-state index contributed by atoms with van der Waals surface area (Å²) in [6.07, 6.45) is 1.90. The lowest BCUT2D eigenvalue weighted by Gasteiger charge is -2.16. The van der Waals surface area contributed by atoms with Crippen LogP contribution in [0.15, 0.2) is 97.1 Å². The first-order chi connectivity index (χ1) is 16.0. The van der Waals surface area contributed by atoms with Crippen LogP contribution in [0, 0.1) is 0 Å². The SMILES string of the molecule is CN(CCCNC(=O)c1ccccc1)C(=O)/C=C(/OC(=O)c1ccccc1)c1ccccc1. The van der Waals surface area contributed by atoms with Crippen molar-refractivity contribution in [3.8, 4) is 0 Å². The first-order valence-electron chi connectivity index (χ1n) is 10.7. The number of nitrogens with zero attached hydrogens (tertiary/aromatic N) is 1. The summed E-state index contributed by atoms with van der Waals surface area (Å²) < 4.78 is 5.57. The van der Waals surface area contributed by atoms with E-state index in [9.17, 15) is 14.4 Å². The molecule has 6 heteroatoms. The van der Waals surface area contributed by atoms with Gasteiger partial charge in [0.25, 0.3) is 5.91 Å². The van der Waals surface area contributed by atoms with Crippen molar-refractivity contribution in [3.05, 3.63) is 114 Å². The minimum atomic E-state index is -0.537. The number of hydrogen-bond acceptors (Lipinski definition) is 4. The highest BCUT2D eigenvalue weighted by Gasteiger charge is 2.15. The highest BCUT2D eigenvalue weighted by molar-refractivity contribution is 5.98. The zero-order chi connectivity index (χ0) is 23.5. The van der Waals surface area contributed by atoms with Crippen molar-refractivity contribution in [2.45, 2.75) is 6.42 Å². The Bertz CT molecular complexity index is 1100. The van der Waals surface area contributed by atoms with E-state index in [2.05, 4.69) is 5.32 Å². The summed E-state index contributed by atoms with van der Waals surface area (Å²) in [5.41, 5.74) is 1.62. The number of benzene rings is 3. The van der Waals surface area contributed by atoms with Gasteiger partial charge in [-0.25, -0.2) is 4.79 Å². The van der Waals surface area contributed by atoms with Crippen LogP contribution in [-0.4, -0.2) is 42.8 Å². The number of carbonyl (C=O) groups excluding carboxylic acids is 3. The van der Waals surface area contributed by atoms with Crippen LogP contribution in [0.2, 0.25) is 0 Å². The molecule has 3 aromatic rings. The molecule has 0 unspecified atom stereocenters. The Kier molecular flexibility index (Phi) is 8.54. The summed E-state index contributed by atoms with van der Waals surface area (Å²) in [4.78, 5) is 38.9. The number of hydrogen-bond donors (Lipinski definition) is 1. The molecular weight excluding hydrogens is 416 g/mol. The van der Waals surface area contributed by atoms with Gasteiger partial charge in [0.2, 0.25) is 5.91 Å². The molecule has 1 N–H and O–H groups in total. The molecule has 0 saturated carbocycles. The fraction of sp³-hybridized carbons (Fsp3) is 0.148. The molecular formula is C27H26N2O4. The molecule has 0 aliphatic carbocycles. The Balaban J connectivity index is 1.59. The molecule has 0 radical (unpaired) electrons. The molecule has 0 heterocycles. The second-order valence-corrected chi connectivity index (χ2v) is 7.37. The van der Waals surface area contributed by atoms with Crippen molar-refractivity contribution in [1.82, 2.24) is 10.2 Å². The van der Waals surface area contributed by atoms with E-state index < -0.39 is 5.97 Å². The van der Waals surface area contributed by atoms with Gasteiger partial charge >= 0.3 is 5.97 Å². The summed E-state index contributed by atoms with van der Waals surface area (Å²) >= 11 is 0. The molecule has 0 bridgehead atoms. The number of amides is 2. The molecule has 3 aromatic carbocycles. The third-order valence-electron chi connectivity index (χ3n) is 4.89. The van der Waals surface area contributed by atoms with Gasteiger partial charge < -0.3 is 15.0 Å². The second-order valence-electron chi connectivity index (χ2n) is 7.37. The summed E-state index contributed by atoms with van der Waals surface area (Å²) in [5, 5.41) is 2.84. The molecule has 0 spiro atoms. The van der Waals surface area contributed by atoms with E-state index in [4.69, 9.17) is 4.74 Å². The third kappa shape index (κ3) is 7.18. The van der Waals surface area contributed by atoms with Gasteiger partial charge in [0.05, 0.1) is 5.56 Å². The lowest BCUT2D eigenvalue weighted by Crippen LogP contribution is -2.30. The minimum Gasteiger partial charge on any atom is -0.422 e. The number of rotatable bonds is 9. The average Bonchev–Trinajstić information content (AvgIpc) is 2.87. The maximum Gasteiger partial charge on any atom is 0.343 e. The predicted octanol–water partition coefficient (Wildman–Crippen LogP) is 4.16. The van der Waals surface area contributed by atoms with Crippen molar-refractivity contribution < 1.29 is 19.1 Å². The van der Waals surface area contributed by atoms with Gasteiger partial charge in [-0.3, -0.25) is 9.59 Å². The number of ether oxygens (including phenoxy) is 1. The zero-order valence-corrected chi connectivity index (χ0v) is 18.4. The summed E-state index contributed by atoms with van der Waals surface area (Å²) in [5.74, 6) is -0.809. The van der Waals surface area contributed by atoms with Gasteiger partial charge in [-0.1, -0.05) is 66.7 Å². The van der Waals surface area contributed by atoms with E-state index in [1.54, 1.807) is 55.6 Å². The lowest BCUT2D eigenvalue weighted by molar-refractivity contribution is -0.124. The molecule has 0 atom stereocenters.